The van der Waals surface area contributed by atoms with Crippen LogP contribution in [0.2, 0.25) is 0 Å². The zero-order valence-corrected chi connectivity index (χ0v) is 28.7. The van der Waals surface area contributed by atoms with Gasteiger partial charge in [-0.25, -0.2) is 14.6 Å². The summed E-state index contributed by atoms with van der Waals surface area (Å²) in [5, 5.41) is 6.62. The van der Waals surface area contributed by atoms with Crippen molar-refractivity contribution in [3.8, 4) is 16.9 Å². The Morgan fingerprint density at radius 2 is 1.62 bits per heavy atom. The summed E-state index contributed by atoms with van der Waals surface area (Å²) < 4.78 is 13.2. The van der Waals surface area contributed by atoms with E-state index >= 15 is 0 Å². The fourth-order valence-electron chi connectivity index (χ4n) is 8.75. The molecule has 2 amide bonds. The van der Waals surface area contributed by atoms with Gasteiger partial charge in [0.1, 0.15) is 17.2 Å². The van der Waals surface area contributed by atoms with Gasteiger partial charge in [-0.05, 0) is 119 Å². The number of rotatable bonds is 9. The van der Waals surface area contributed by atoms with E-state index in [1.165, 1.54) is 19.3 Å². The average molecular weight is 649 g/mol. The monoisotopic (exact) mass is 648 g/mol. The molecule has 48 heavy (non-hydrogen) atoms. The van der Waals surface area contributed by atoms with E-state index in [0.29, 0.717) is 12.3 Å². The van der Waals surface area contributed by atoms with Gasteiger partial charge in [-0.3, -0.25) is 0 Å². The quantitative estimate of drug-likeness (QED) is 0.139. The average Bonchev–Trinajstić information content (AvgIpc) is 3.35. The number of aryl methyl sites for hydroxylation is 1. The minimum atomic E-state index is -0.725. The molecule has 4 bridgehead atoms. The van der Waals surface area contributed by atoms with Crippen molar-refractivity contribution < 1.29 is 19.1 Å². The molecule has 0 saturated heterocycles. The molecule has 3 aromatic carbocycles. The van der Waals surface area contributed by atoms with Crippen LogP contribution in [0.15, 0.2) is 66.7 Å². The first-order valence-corrected chi connectivity index (χ1v) is 17.7. The Kier molecular flexibility index (Phi) is 8.69. The fourth-order valence-corrected chi connectivity index (χ4v) is 8.75. The van der Waals surface area contributed by atoms with E-state index in [1.54, 1.807) is 6.07 Å². The molecule has 4 aliphatic rings. The van der Waals surface area contributed by atoms with E-state index in [2.05, 4.69) is 52.5 Å². The first-order chi connectivity index (χ1) is 23.0. The molecule has 252 valence electrons. The van der Waals surface area contributed by atoms with Crippen LogP contribution in [0.5, 0.6) is 5.75 Å². The maximum Gasteiger partial charge on any atom is 0.514 e. The van der Waals surface area contributed by atoms with Crippen molar-refractivity contribution in [3.05, 3.63) is 78.1 Å². The van der Waals surface area contributed by atoms with Gasteiger partial charge < -0.3 is 24.7 Å². The molecule has 4 aliphatic carbocycles. The topological polar surface area (TPSA) is 94.5 Å². The molecule has 4 aromatic rings. The summed E-state index contributed by atoms with van der Waals surface area (Å²) in [6.07, 6.45) is 9.72. The lowest BCUT2D eigenvalue weighted by atomic mass is 9.53. The Morgan fingerprint density at radius 3 is 2.29 bits per heavy atom. The van der Waals surface area contributed by atoms with Crippen molar-refractivity contribution in [3.63, 3.8) is 0 Å². The van der Waals surface area contributed by atoms with Gasteiger partial charge in [0.25, 0.3) is 0 Å². The SMILES string of the molecule is CCCCc1nc2ccc(NC(=O)NC34CC5CC(CC(C5)C3)C4)cc2n1Cc1ccc(-c2ccccc2OC(=O)OC(C)(C)C)cc1. The number of nitrogens with one attached hydrogen (secondary N) is 2. The van der Waals surface area contributed by atoms with Gasteiger partial charge in [0, 0.05) is 29.8 Å². The molecule has 1 aromatic heterocycles. The lowest BCUT2D eigenvalue weighted by molar-refractivity contribution is -0.0127. The van der Waals surface area contributed by atoms with Crippen LogP contribution in [0, 0.1) is 17.8 Å². The molecule has 0 spiro atoms. The standard InChI is InChI=1S/C40H48N4O4/c1-5-6-11-36-42-33-17-16-31(41-37(45)43-40-22-27-18-28(23-40)20-29(19-27)24-40)21-34(33)44(36)25-26-12-14-30(15-13-26)32-9-7-8-10-35(32)47-38(46)48-39(2,3)4/h7-10,12-17,21,27-29H,5-6,11,18-20,22-25H2,1-4H3,(H2,41,43,45). The van der Waals surface area contributed by atoms with E-state index in [4.69, 9.17) is 14.5 Å². The van der Waals surface area contributed by atoms with E-state index in [9.17, 15) is 9.59 Å². The number of urea groups is 1. The first kappa shape index (κ1) is 32.2. The highest BCUT2D eigenvalue weighted by atomic mass is 16.7. The van der Waals surface area contributed by atoms with Gasteiger partial charge >= 0.3 is 12.2 Å². The number of hydrogen-bond donors (Lipinski definition) is 2. The molecule has 0 aliphatic heterocycles. The highest BCUT2D eigenvalue weighted by Gasteiger charge is 2.51. The molecule has 4 fully saturated rings. The second kappa shape index (κ2) is 12.9. The molecule has 8 nitrogen and oxygen atoms in total. The van der Waals surface area contributed by atoms with Crippen LogP contribution >= 0.6 is 0 Å². The van der Waals surface area contributed by atoms with E-state index in [0.717, 1.165) is 95.5 Å². The maximum absolute atomic E-state index is 13.4. The lowest BCUT2D eigenvalue weighted by Crippen LogP contribution is -2.60. The predicted molar refractivity (Wildman–Crippen MR) is 189 cm³/mol. The molecular weight excluding hydrogens is 600 g/mol. The number of imidazole rings is 1. The summed E-state index contributed by atoms with van der Waals surface area (Å²) in [6.45, 7) is 8.28. The number of carbonyl (C=O) groups excluding carboxylic acids is 2. The van der Waals surface area contributed by atoms with Crippen LogP contribution in [-0.4, -0.2) is 32.9 Å². The van der Waals surface area contributed by atoms with Crippen molar-refractivity contribution in [1.82, 2.24) is 14.9 Å². The van der Waals surface area contributed by atoms with Crippen molar-refractivity contribution in [2.75, 3.05) is 5.32 Å². The van der Waals surface area contributed by atoms with Crippen molar-refractivity contribution in [2.45, 2.75) is 103 Å². The molecule has 1 heterocycles. The van der Waals surface area contributed by atoms with Crippen LogP contribution in [0.4, 0.5) is 15.3 Å². The number of anilines is 1. The summed E-state index contributed by atoms with van der Waals surface area (Å²) in [7, 11) is 0. The first-order valence-electron chi connectivity index (χ1n) is 17.7. The van der Waals surface area contributed by atoms with Crippen LogP contribution in [0.3, 0.4) is 0 Å². The normalized spacial score (nSPS) is 22.9. The Hall–Kier alpha value is -4.33. The molecule has 4 saturated carbocycles. The van der Waals surface area contributed by atoms with Gasteiger partial charge in [0.15, 0.2) is 0 Å². The van der Waals surface area contributed by atoms with Crippen LogP contribution in [-0.2, 0) is 17.7 Å². The van der Waals surface area contributed by atoms with Gasteiger partial charge in [-0.2, -0.15) is 0 Å². The number of para-hydroxylation sites is 1. The van der Waals surface area contributed by atoms with Crippen molar-refractivity contribution in [1.29, 1.82) is 0 Å². The third kappa shape index (κ3) is 7.08. The summed E-state index contributed by atoms with van der Waals surface area (Å²) >= 11 is 0. The predicted octanol–water partition coefficient (Wildman–Crippen LogP) is 9.50. The molecule has 2 N–H and O–H groups in total. The second-order valence-corrected chi connectivity index (χ2v) is 15.5. The molecule has 0 unspecified atom stereocenters. The van der Waals surface area contributed by atoms with Gasteiger partial charge in [-0.15, -0.1) is 0 Å². The second-order valence-electron chi connectivity index (χ2n) is 15.5. The van der Waals surface area contributed by atoms with Gasteiger partial charge in [0.05, 0.1) is 11.0 Å². The minimum Gasteiger partial charge on any atom is -0.428 e. The zero-order chi connectivity index (χ0) is 33.5. The van der Waals surface area contributed by atoms with Gasteiger partial charge in [-0.1, -0.05) is 55.8 Å². The number of amides is 2. The summed E-state index contributed by atoms with van der Waals surface area (Å²) in [6, 6.07) is 21.8. The number of carbonyl (C=O) groups is 2. The van der Waals surface area contributed by atoms with Crippen LogP contribution < -0.4 is 15.4 Å². The molecule has 8 rings (SSSR count). The van der Waals surface area contributed by atoms with Crippen LogP contribution in [0.1, 0.15) is 90.4 Å². The van der Waals surface area contributed by atoms with Gasteiger partial charge in [0.2, 0.25) is 0 Å². The molecular formula is C40H48N4O4. The third-order valence-electron chi connectivity index (χ3n) is 10.3. The fraction of sp³-hybridized carbons (Fsp3) is 0.475. The van der Waals surface area contributed by atoms with Crippen molar-refractivity contribution in [2.24, 2.45) is 17.8 Å². The number of ether oxygens (including phenoxy) is 2. The van der Waals surface area contributed by atoms with E-state index < -0.39 is 11.8 Å². The van der Waals surface area contributed by atoms with Crippen LogP contribution in [0.25, 0.3) is 22.2 Å². The molecule has 0 atom stereocenters. The number of fused-ring (bicyclic) bond motifs is 1. The Bertz CT molecular complexity index is 1770. The highest BCUT2D eigenvalue weighted by molar-refractivity contribution is 5.92. The van der Waals surface area contributed by atoms with Crippen molar-refractivity contribution >= 4 is 28.9 Å². The van der Waals surface area contributed by atoms with E-state index in [-0.39, 0.29) is 11.6 Å². The largest absolute Gasteiger partial charge is 0.514 e. The number of nitrogens with zero attached hydrogens (tertiary/aromatic N) is 2. The van der Waals surface area contributed by atoms with E-state index in [1.807, 2.05) is 51.1 Å². The zero-order valence-electron chi connectivity index (χ0n) is 28.7. The Morgan fingerprint density at radius 1 is 0.938 bits per heavy atom. The lowest BCUT2D eigenvalue weighted by Gasteiger charge is -2.56. The molecule has 8 heteroatoms. The highest BCUT2D eigenvalue weighted by Crippen LogP contribution is 2.55. The molecule has 0 radical (unpaired) electrons. The minimum absolute atomic E-state index is 0.0352. The third-order valence-corrected chi connectivity index (χ3v) is 10.3. The summed E-state index contributed by atoms with van der Waals surface area (Å²) in [5.74, 6) is 3.82. The number of hydrogen-bond acceptors (Lipinski definition) is 5. The number of benzene rings is 3. The number of unbranched alkanes of at least 4 members (excludes halogenated alkanes) is 1. The Balaban J connectivity index is 1.09. The smallest absolute Gasteiger partial charge is 0.428 e. The maximum atomic E-state index is 13.4. The summed E-state index contributed by atoms with van der Waals surface area (Å²) in [5.41, 5.74) is 4.92. The Labute approximate surface area is 283 Å². The summed E-state index contributed by atoms with van der Waals surface area (Å²) in [4.78, 5) is 30.8. The number of aromatic nitrogens is 2.